The van der Waals surface area contributed by atoms with Gasteiger partial charge in [-0.2, -0.15) is 0 Å². The smallest absolute Gasteiger partial charge is 0.161 e. The molecule has 0 fully saturated rings. The van der Waals surface area contributed by atoms with Gasteiger partial charge in [-0.1, -0.05) is 6.07 Å². The predicted molar refractivity (Wildman–Crippen MR) is 100 cm³/mol. The molecule has 3 aromatic rings. The molecule has 0 radical (unpaired) electrons. The fraction of sp³-hybridized carbons (Fsp3) is 0.300. The Morgan fingerprint density at radius 2 is 1.81 bits per heavy atom. The monoisotopic (exact) mass is 355 g/mol. The lowest BCUT2D eigenvalue weighted by molar-refractivity contribution is 0.230. The number of ether oxygens (including phenoxy) is 2. The Morgan fingerprint density at radius 3 is 2.54 bits per heavy atom. The van der Waals surface area contributed by atoms with Gasteiger partial charge in [0.05, 0.1) is 24.8 Å². The van der Waals surface area contributed by atoms with Gasteiger partial charge in [0.15, 0.2) is 11.5 Å². The van der Waals surface area contributed by atoms with E-state index in [4.69, 9.17) is 9.47 Å². The average molecular weight is 355 g/mol. The lowest BCUT2D eigenvalue weighted by atomic mass is 10.1. The van der Waals surface area contributed by atoms with E-state index in [0.717, 1.165) is 5.56 Å². The van der Waals surface area contributed by atoms with Crippen molar-refractivity contribution in [1.29, 1.82) is 0 Å². The summed E-state index contributed by atoms with van der Waals surface area (Å²) in [7, 11) is 1.62. The van der Waals surface area contributed by atoms with Crippen molar-refractivity contribution in [3.63, 3.8) is 0 Å². The maximum absolute atomic E-state index is 13.6. The molecule has 2 aromatic carbocycles. The van der Waals surface area contributed by atoms with Crippen LogP contribution >= 0.6 is 0 Å². The molecular formula is C20H22FN3O2. The highest BCUT2D eigenvalue weighted by Gasteiger charge is 2.14. The summed E-state index contributed by atoms with van der Waals surface area (Å²) >= 11 is 0. The van der Waals surface area contributed by atoms with Gasteiger partial charge in [0.2, 0.25) is 0 Å². The molecule has 136 valence electrons. The predicted octanol–water partition coefficient (Wildman–Crippen LogP) is 4.74. The van der Waals surface area contributed by atoms with Crippen molar-refractivity contribution in [3.05, 3.63) is 54.1 Å². The van der Waals surface area contributed by atoms with Crippen LogP contribution in [0.1, 0.15) is 32.4 Å². The molecule has 3 rings (SSSR count). The normalized spacial score (nSPS) is 12.2. The first-order chi connectivity index (χ1) is 12.5. The average Bonchev–Trinajstić information content (AvgIpc) is 2.62. The number of nitrogens with one attached hydrogen (secondary N) is 1. The van der Waals surface area contributed by atoms with Gasteiger partial charge in [0.25, 0.3) is 0 Å². The standard InChI is InChI=1S/C20H22FN3O2/c1-12(2)26-18-8-5-14(9-19(18)25-4)13(3)24-20-16-10-15(21)6-7-17(16)22-11-23-20/h5-13H,1-4H3,(H,22,23,24). The SMILES string of the molecule is COc1cc(C(C)Nc2ncnc3ccc(F)cc23)ccc1OC(C)C. The van der Waals surface area contributed by atoms with E-state index in [1.165, 1.54) is 18.5 Å². The van der Waals surface area contributed by atoms with Gasteiger partial charge in [-0.25, -0.2) is 14.4 Å². The van der Waals surface area contributed by atoms with E-state index in [1.807, 2.05) is 39.0 Å². The van der Waals surface area contributed by atoms with Crippen LogP contribution < -0.4 is 14.8 Å². The van der Waals surface area contributed by atoms with Crippen LogP contribution in [0.15, 0.2) is 42.7 Å². The van der Waals surface area contributed by atoms with E-state index in [2.05, 4.69) is 15.3 Å². The van der Waals surface area contributed by atoms with Gasteiger partial charge in [0, 0.05) is 5.39 Å². The molecule has 0 aliphatic rings. The lowest BCUT2D eigenvalue weighted by Crippen LogP contribution is -2.10. The minimum Gasteiger partial charge on any atom is -0.493 e. The van der Waals surface area contributed by atoms with Crippen LogP contribution in [0.3, 0.4) is 0 Å². The number of anilines is 1. The van der Waals surface area contributed by atoms with Crippen molar-refractivity contribution in [2.24, 2.45) is 0 Å². The number of aromatic nitrogens is 2. The number of fused-ring (bicyclic) bond motifs is 1. The second kappa shape index (κ2) is 7.56. The van der Waals surface area contributed by atoms with Crippen molar-refractivity contribution < 1.29 is 13.9 Å². The van der Waals surface area contributed by atoms with Crippen LogP contribution in [-0.4, -0.2) is 23.2 Å². The molecule has 1 unspecified atom stereocenters. The second-order valence-corrected chi connectivity index (χ2v) is 6.33. The zero-order chi connectivity index (χ0) is 18.7. The fourth-order valence-corrected chi connectivity index (χ4v) is 2.74. The number of hydrogen-bond donors (Lipinski definition) is 1. The molecule has 0 aliphatic carbocycles. The number of nitrogens with zero attached hydrogens (tertiary/aromatic N) is 2. The molecule has 0 saturated carbocycles. The van der Waals surface area contributed by atoms with Crippen LogP contribution in [0.4, 0.5) is 10.2 Å². The Balaban J connectivity index is 1.88. The van der Waals surface area contributed by atoms with Gasteiger partial charge in [-0.05, 0) is 56.7 Å². The summed E-state index contributed by atoms with van der Waals surface area (Å²) in [6.07, 6.45) is 1.53. The zero-order valence-electron chi connectivity index (χ0n) is 15.3. The molecule has 26 heavy (non-hydrogen) atoms. The Hall–Kier alpha value is -2.89. The molecule has 0 aliphatic heterocycles. The molecule has 1 N–H and O–H groups in total. The molecule has 1 aromatic heterocycles. The Bertz CT molecular complexity index is 915. The third kappa shape index (κ3) is 3.85. The van der Waals surface area contributed by atoms with Gasteiger partial charge in [-0.15, -0.1) is 0 Å². The summed E-state index contributed by atoms with van der Waals surface area (Å²) < 4.78 is 24.8. The number of methoxy groups -OCH3 is 1. The molecule has 6 heteroatoms. The lowest BCUT2D eigenvalue weighted by Gasteiger charge is -2.19. The fourth-order valence-electron chi connectivity index (χ4n) is 2.74. The van der Waals surface area contributed by atoms with Crippen molar-refractivity contribution in [3.8, 4) is 11.5 Å². The molecular weight excluding hydrogens is 333 g/mol. The molecule has 1 heterocycles. The van der Waals surface area contributed by atoms with Crippen LogP contribution in [0.2, 0.25) is 0 Å². The number of benzene rings is 2. The Morgan fingerprint density at radius 1 is 1.00 bits per heavy atom. The Kier molecular flexibility index (Phi) is 5.21. The molecule has 0 bridgehead atoms. The minimum atomic E-state index is -0.320. The van der Waals surface area contributed by atoms with Crippen molar-refractivity contribution in [2.75, 3.05) is 12.4 Å². The van der Waals surface area contributed by atoms with Crippen LogP contribution in [0.25, 0.3) is 10.9 Å². The van der Waals surface area contributed by atoms with E-state index in [0.29, 0.717) is 28.2 Å². The highest BCUT2D eigenvalue weighted by atomic mass is 19.1. The first kappa shape index (κ1) is 17.9. The minimum absolute atomic E-state index is 0.0626. The van der Waals surface area contributed by atoms with E-state index >= 15 is 0 Å². The van der Waals surface area contributed by atoms with Crippen molar-refractivity contribution >= 4 is 16.7 Å². The summed E-state index contributed by atoms with van der Waals surface area (Å²) in [6, 6.07) is 10.2. The van der Waals surface area contributed by atoms with E-state index < -0.39 is 0 Å². The van der Waals surface area contributed by atoms with Gasteiger partial charge < -0.3 is 14.8 Å². The summed E-state index contributed by atoms with van der Waals surface area (Å²) in [4.78, 5) is 8.44. The van der Waals surface area contributed by atoms with Crippen molar-refractivity contribution in [1.82, 2.24) is 9.97 Å². The maximum Gasteiger partial charge on any atom is 0.161 e. The molecule has 5 nitrogen and oxygen atoms in total. The van der Waals surface area contributed by atoms with Crippen LogP contribution in [0, 0.1) is 5.82 Å². The number of hydrogen-bond acceptors (Lipinski definition) is 5. The first-order valence-corrected chi connectivity index (χ1v) is 8.49. The third-order valence-corrected chi connectivity index (χ3v) is 4.00. The van der Waals surface area contributed by atoms with Gasteiger partial charge in [0.1, 0.15) is 18.0 Å². The molecule has 0 spiro atoms. The number of halogens is 1. The van der Waals surface area contributed by atoms with E-state index in [-0.39, 0.29) is 18.0 Å². The Labute approximate surface area is 152 Å². The third-order valence-electron chi connectivity index (χ3n) is 4.00. The van der Waals surface area contributed by atoms with Crippen LogP contribution in [0.5, 0.6) is 11.5 Å². The largest absolute Gasteiger partial charge is 0.493 e. The summed E-state index contributed by atoms with van der Waals surface area (Å²) in [5.41, 5.74) is 1.69. The van der Waals surface area contributed by atoms with E-state index in [9.17, 15) is 4.39 Å². The highest BCUT2D eigenvalue weighted by Crippen LogP contribution is 2.32. The van der Waals surface area contributed by atoms with Crippen LogP contribution in [-0.2, 0) is 0 Å². The summed E-state index contributed by atoms with van der Waals surface area (Å²) in [5.74, 6) is 1.64. The van der Waals surface area contributed by atoms with Crippen molar-refractivity contribution in [2.45, 2.75) is 32.9 Å². The second-order valence-electron chi connectivity index (χ2n) is 6.33. The van der Waals surface area contributed by atoms with Gasteiger partial charge in [-0.3, -0.25) is 0 Å². The highest BCUT2D eigenvalue weighted by molar-refractivity contribution is 5.88. The topological polar surface area (TPSA) is 56.3 Å². The summed E-state index contributed by atoms with van der Waals surface area (Å²) in [5, 5.41) is 3.97. The number of rotatable bonds is 6. The quantitative estimate of drug-likeness (QED) is 0.692. The zero-order valence-corrected chi connectivity index (χ0v) is 15.3. The maximum atomic E-state index is 13.6. The first-order valence-electron chi connectivity index (χ1n) is 8.49. The molecule has 0 saturated heterocycles. The molecule has 1 atom stereocenters. The molecule has 0 amide bonds. The van der Waals surface area contributed by atoms with Gasteiger partial charge >= 0.3 is 0 Å². The summed E-state index contributed by atoms with van der Waals surface area (Å²) in [6.45, 7) is 5.94. The van der Waals surface area contributed by atoms with E-state index in [1.54, 1.807) is 13.2 Å².